The van der Waals surface area contributed by atoms with Crippen molar-refractivity contribution in [3.05, 3.63) is 0 Å². The van der Waals surface area contributed by atoms with Crippen molar-refractivity contribution in [1.29, 1.82) is 0 Å². The average Bonchev–Trinajstić information content (AvgIpc) is 2.00. The lowest BCUT2D eigenvalue weighted by Crippen LogP contribution is -2.50. The SMILES string of the molecule is CCOCCCN1CC(C(=O)O)C1. The number of likely N-dealkylation sites (tertiary alicyclic amines) is 1. The third-order valence-electron chi connectivity index (χ3n) is 2.27. The van der Waals surface area contributed by atoms with E-state index in [0.717, 1.165) is 26.2 Å². The first-order valence-corrected chi connectivity index (χ1v) is 4.77. The van der Waals surface area contributed by atoms with E-state index in [9.17, 15) is 4.79 Å². The van der Waals surface area contributed by atoms with Crippen LogP contribution in [0.2, 0.25) is 0 Å². The third-order valence-corrected chi connectivity index (χ3v) is 2.27. The largest absolute Gasteiger partial charge is 0.481 e. The fourth-order valence-electron chi connectivity index (χ4n) is 1.44. The topological polar surface area (TPSA) is 49.8 Å². The second-order valence-electron chi connectivity index (χ2n) is 3.35. The third kappa shape index (κ3) is 3.32. The van der Waals surface area contributed by atoms with E-state index in [4.69, 9.17) is 9.84 Å². The minimum Gasteiger partial charge on any atom is -0.481 e. The molecule has 1 rings (SSSR count). The Kier molecular flexibility index (Phi) is 4.18. The first-order chi connectivity index (χ1) is 6.24. The van der Waals surface area contributed by atoms with Gasteiger partial charge in [-0.05, 0) is 13.3 Å². The van der Waals surface area contributed by atoms with E-state index >= 15 is 0 Å². The van der Waals surface area contributed by atoms with Crippen LogP contribution in [0.1, 0.15) is 13.3 Å². The molecular weight excluding hydrogens is 170 g/mol. The average molecular weight is 187 g/mol. The van der Waals surface area contributed by atoms with Crippen LogP contribution in [0, 0.1) is 5.92 Å². The first-order valence-electron chi connectivity index (χ1n) is 4.77. The summed E-state index contributed by atoms with van der Waals surface area (Å²) < 4.78 is 5.18. The standard InChI is InChI=1S/C9H17NO3/c1-2-13-5-3-4-10-6-8(7-10)9(11)12/h8H,2-7H2,1H3,(H,11,12). The highest BCUT2D eigenvalue weighted by Gasteiger charge is 2.31. The fraction of sp³-hybridized carbons (Fsp3) is 0.889. The van der Waals surface area contributed by atoms with E-state index in [1.165, 1.54) is 0 Å². The molecule has 0 unspecified atom stereocenters. The molecule has 0 aromatic rings. The molecule has 1 N–H and O–H groups in total. The van der Waals surface area contributed by atoms with Gasteiger partial charge in [-0.25, -0.2) is 0 Å². The van der Waals surface area contributed by atoms with E-state index < -0.39 is 5.97 Å². The van der Waals surface area contributed by atoms with Gasteiger partial charge in [-0.2, -0.15) is 0 Å². The predicted molar refractivity (Wildman–Crippen MR) is 48.7 cm³/mol. The number of carbonyl (C=O) groups is 1. The Bertz CT molecular complexity index is 166. The summed E-state index contributed by atoms with van der Waals surface area (Å²) in [4.78, 5) is 12.6. The van der Waals surface area contributed by atoms with Crippen LogP contribution in [0.3, 0.4) is 0 Å². The Morgan fingerprint density at radius 2 is 2.31 bits per heavy atom. The lowest BCUT2D eigenvalue weighted by atomic mass is 10.0. The van der Waals surface area contributed by atoms with Gasteiger partial charge in [0.05, 0.1) is 5.92 Å². The zero-order valence-electron chi connectivity index (χ0n) is 8.03. The zero-order chi connectivity index (χ0) is 9.68. The van der Waals surface area contributed by atoms with Crippen molar-refractivity contribution in [2.24, 2.45) is 5.92 Å². The Morgan fingerprint density at radius 1 is 1.62 bits per heavy atom. The second kappa shape index (κ2) is 5.19. The first kappa shape index (κ1) is 10.5. The van der Waals surface area contributed by atoms with E-state index in [1.807, 2.05) is 6.92 Å². The number of hydrogen-bond acceptors (Lipinski definition) is 3. The Balaban J connectivity index is 1.93. The summed E-state index contributed by atoms with van der Waals surface area (Å²) in [6.45, 7) is 5.90. The maximum Gasteiger partial charge on any atom is 0.309 e. The summed E-state index contributed by atoms with van der Waals surface area (Å²) in [6.07, 6.45) is 1.00. The molecule has 76 valence electrons. The summed E-state index contributed by atoms with van der Waals surface area (Å²) in [6, 6.07) is 0. The molecule has 0 aromatic heterocycles. The molecule has 1 aliphatic heterocycles. The van der Waals surface area contributed by atoms with Crippen molar-refractivity contribution in [3.8, 4) is 0 Å². The van der Waals surface area contributed by atoms with Crippen molar-refractivity contribution in [2.45, 2.75) is 13.3 Å². The molecule has 1 saturated heterocycles. The normalized spacial score (nSPS) is 18.5. The maximum absolute atomic E-state index is 10.5. The minimum atomic E-state index is -0.666. The second-order valence-corrected chi connectivity index (χ2v) is 3.35. The Hall–Kier alpha value is -0.610. The molecule has 13 heavy (non-hydrogen) atoms. The molecular formula is C9H17NO3. The van der Waals surface area contributed by atoms with E-state index in [2.05, 4.69) is 4.90 Å². The molecule has 0 aromatic carbocycles. The molecule has 0 aliphatic carbocycles. The number of ether oxygens (including phenoxy) is 1. The number of aliphatic carboxylic acids is 1. The predicted octanol–water partition coefficient (Wildman–Crippen LogP) is 0.429. The summed E-state index contributed by atoms with van der Waals surface area (Å²) in [7, 11) is 0. The van der Waals surface area contributed by atoms with Gasteiger partial charge in [-0.1, -0.05) is 0 Å². The summed E-state index contributed by atoms with van der Waals surface area (Å²) >= 11 is 0. The molecule has 0 saturated carbocycles. The number of carboxylic acid groups (broad SMARTS) is 1. The number of carboxylic acids is 1. The number of nitrogens with zero attached hydrogens (tertiary/aromatic N) is 1. The molecule has 0 atom stereocenters. The van der Waals surface area contributed by atoms with Gasteiger partial charge in [0.2, 0.25) is 0 Å². The number of rotatable bonds is 6. The Labute approximate surface area is 78.5 Å². The molecule has 4 heteroatoms. The van der Waals surface area contributed by atoms with Crippen LogP contribution < -0.4 is 0 Å². The Morgan fingerprint density at radius 3 is 2.85 bits per heavy atom. The van der Waals surface area contributed by atoms with Crippen LogP contribution in [0.5, 0.6) is 0 Å². The lowest BCUT2D eigenvalue weighted by molar-refractivity contribution is -0.147. The monoisotopic (exact) mass is 187 g/mol. The fourth-order valence-corrected chi connectivity index (χ4v) is 1.44. The smallest absolute Gasteiger partial charge is 0.309 e. The molecule has 4 nitrogen and oxygen atoms in total. The van der Waals surface area contributed by atoms with Crippen molar-refractivity contribution in [1.82, 2.24) is 4.90 Å². The summed E-state index contributed by atoms with van der Waals surface area (Å²) in [5.74, 6) is -0.798. The minimum absolute atomic E-state index is 0.132. The lowest BCUT2D eigenvalue weighted by Gasteiger charge is -2.36. The molecule has 1 aliphatic rings. The van der Waals surface area contributed by atoms with Gasteiger partial charge in [0.1, 0.15) is 0 Å². The van der Waals surface area contributed by atoms with Crippen LogP contribution in [0.25, 0.3) is 0 Å². The van der Waals surface area contributed by atoms with Gasteiger partial charge in [-0.15, -0.1) is 0 Å². The summed E-state index contributed by atoms with van der Waals surface area (Å²) in [5.41, 5.74) is 0. The molecule has 1 heterocycles. The highest BCUT2D eigenvalue weighted by molar-refractivity contribution is 5.71. The van der Waals surface area contributed by atoms with Gasteiger partial charge in [0, 0.05) is 32.8 Å². The van der Waals surface area contributed by atoms with E-state index in [-0.39, 0.29) is 5.92 Å². The van der Waals surface area contributed by atoms with Gasteiger partial charge in [-0.3, -0.25) is 4.79 Å². The summed E-state index contributed by atoms with van der Waals surface area (Å²) in [5, 5.41) is 8.61. The van der Waals surface area contributed by atoms with Gasteiger partial charge in [0.25, 0.3) is 0 Å². The molecule has 0 radical (unpaired) electrons. The van der Waals surface area contributed by atoms with Crippen LogP contribution >= 0.6 is 0 Å². The van der Waals surface area contributed by atoms with Crippen molar-refractivity contribution >= 4 is 5.97 Å². The van der Waals surface area contributed by atoms with Crippen LogP contribution in [0.4, 0.5) is 0 Å². The van der Waals surface area contributed by atoms with Crippen molar-refractivity contribution in [2.75, 3.05) is 32.8 Å². The van der Waals surface area contributed by atoms with Gasteiger partial charge in [0.15, 0.2) is 0 Å². The zero-order valence-corrected chi connectivity index (χ0v) is 8.03. The molecule has 0 spiro atoms. The van der Waals surface area contributed by atoms with Gasteiger partial charge >= 0.3 is 5.97 Å². The molecule has 0 bridgehead atoms. The van der Waals surface area contributed by atoms with Crippen molar-refractivity contribution < 1.29 is 14.6 Å². The van der Waals surface area contributed by atoms with E-state index in [1.54, 1.807) is 0 Å². The van der Waals surface area contributed by atoms with Crippen LogP contribution in [-0.2, 0) is 9.53 Å². The van der Waals surface area contributed by atoms with E-state index in [0.29, 0.717) is 13.1 Å². The van der Waals surface area contributed by atoms with Gasteiger partial charge < -0.3 is 14.7 Å². The quantitative estimate of drug-likeness (QED) is 0.613. The molecule has 1 fully saturated rings. The van der Waals surface area contributed by atoms with Crippen LogP contribution in [-0.4, -0.2) is 48.8 Å². The molecule has 0 amide bonds. The highest BCUT2D eigenvalue weighted by atomic mass is 16.5. The van der Waals surface area contributed by atoms with Crippen molar-refractivity contribution in [3.63, 3.8) is 0 Å². The highest BCUT2D eigenvalue weighted by Crippen LogP contribution is 2.15. The number of hydrogen-bond donors (Lipinski definition) is 1. The van der Waals surface area contributed by atoms with Crippen LogP contribution in [0.15, 0.2) is 0 Å². The maximum atomic E-state index is 10.5.